The number of hydrogen-bond donors (Lipinski definition) is 2. The Labute approximate surface area is 174 Å². The highest BCUT2D eigenvalue weighted by molar-refractivity contribution is 5.94. The van der Waals surface area contributed by atoms with Crippen LogP contribution in [-0.4, -0.2) is 50.6 Å². The Morgan fingerprint density at radius 1 is 1.03 bits per heavy atom. The van der Waals surface area contributed by atoms with Crippen LogP contribution in [0.15, 0.2) is 53.5 Å². The van der Waals surface area contributed by atoms with Crippen molar-refractivity contribution in [1.82, 2.24) is 15.5 Å². The lowest BCUT2D eigenvalue weighted by Crippen LogP contribution is -2.38. The Morgan fingerprint density at radius 3 is 2.52 bits per heavy atom. The minimum absolute atomic E-state index is 0.0176. The molecule has 0 aliphatic heterocycles. The van der Waals surface area contributed by atoms with Gasteiger partial charge in [-0.25, -0.2) is 4.99 Å². The molecule has 0 saturated heterocycles. The van der Waals surface area contributed by atoms with Crippen LogP contribution < -0.4 is 15.4 Å². The maximum absolute atomic E-state index is 12.1. The molecular formula is C23H32N4O2. The molecule has 0 radical (unpaired) electrons. The molecular weight excluding hydrogens is 364 g/mol. The van der Waals surface area contributed by atoms with Gasteiger partial charge in [0.2, 0.25) is 0 Å². The van der Waals surface area contributed by atoms with Crippen molar-refractivity contribution in [3.63, 3.8) is 0 Å². The molecule has 0 saturated carbocycles. The van der Waals surface area contributed by atoms with Gasteiger partial charge >= 0.3 is 0 Å². The van der Waals surface area contributed by atoms with Gasteiger partial charge in [-0.3, -0.25) is 4.79 Å². The van der Waals surface area contributed by atoms with Gasteiger partial charge in [0.15, 0.2) is 5.96 Å². The summed E-state index contributed by atoms with van der Waals surface area (Å²) in [4.78, 5) is 18.4. The molecule has 29 heavy (non-hydrogen) atoms. The molecule has 0 fully saturated rings. The van der Waals surface area contributed by atoms with E-state index in [1.54, 1.807) is 19.0 Å². The number of amides is 1. The Balaban J connectivity index is 1.94. The van der Waals surface area contributed by atoms with Crippen LogP contribution in [-0.2, 0) is 13.0 Å². The molecule has 2 aromatic rings. The van der Waals surface area contributed by atoms with Gasteiger partial charge in [0.25, 0.3) is 5.91 Å². The highest BCUT2D eigenvalue weighted by atomic mass is 16.5. The Bertz CT molecular complexity index is 818. The van der Waals surface area contributed by atoms with Crippen molar-refractivity contribution in [2.75, 3.05) is 33.8 Å². The standard InChI is InChI=1S/C23H32N4O2/c1-5-24-23(26-17-19-10-8-12-21(16-19)29-6-2)25-14-13-18-9-7-11-20(15-18)22(28)27(3)4/h7-12,15-16H,5-6,13-14,17H2,1-4H3,(H2,24,25,26). The first-order valence-corrected chi connectivity index (χ1v) is 10.1. The van der Waals surface area contributed by atoms with E-state index in [0.717, 1.165) is 42.3 Å². The van der Waals surface area contributed by atoms with Crippen molar-refractivity contribution in [2.45, 2.75) is 26.8 Å². The van der Waals surface area contributed by atoms with E-state index in [9.17, 15) is 4.79 Å². The van der Waals surface area contributed by atoms with Crippen molar-refractivity contribution in [1.29, 1.82) is 0 Å². The van der Waals surface area contributed by atoms with Gasteiger partial charge in [-0.1, -0.05) is 24.3 Å². The van der Waals surface area contributed by atoms with Crippen molar-refractivity contribution < 1.29 is 9.53 Å². The molecule has 1 amide bonds. The van der Waals surface area contributed by atoms with E-state index in [-0.39, 0.29) is 5.91 Å². The summed E-state index contributed by atoms with van der Waals surface area (Å²) in [5, 5.41) is 6.63. The summed E-state index contributed by atoms with van der Waals surface area (Å²) in [6.07, 6.45) is 0.804. The molecule has 0 unspecified atom stereocenters. The second-order valence-electron chi connectivity index (χ2n) is 6.85. The van der Waals surface area contributed by atoms with E-state index in [1.165, 1.54) is 0 Å². The second-order valence-corrected chi connectivity index (χ2v) is 6.85. The summed E-state index contributed by atoms with van der Waals surface area (Å²) in [5.74, 6) is 1.66. The molecule has 2 aromatic carbocycles. The first-order chi connectivity index (χ1) is 14.0. The molecule has 6 heteroatoms. The van der Waals surface area contributed by atoms with Gasteiger partial charge in [0.05, 0.1) is 13.2 Å². The van der Waals surface area contributed by atoms with Gasteiger partial charge in [0, 0.05) is 32.7 Å². The smallest absolute Gasteiger partial charge is 0.253 e. The summed E-state index contributed by atoms with van der Waals surface area (Å²) in [6.45, 7) is 6.76. The van der Waals surface area contributed by atoms with Crippen LogP contribution in [0.1, 0.15) is 35.3 Å². The Hall–Kier alpha value is -3.02. The maximum atomic E-state index is 12.1. The number of benzene rings is 2. The third-order valence-corrected chi connectivity index (χ3v) is 4.26. The zero-order valence-corrected chi connectivity index (χ0v) is 17.9. The molecule has 0 bridgehead atoms. The Morgan fingerprint density at radius 2 is 1.79 bits per heavy atom. The number of carbonyl (C=O) groups is 1. The van der Waals surface area contributed by atoms with Crippen LogP contribution in [0.3, 0.4) is 0 Å². The average Bonchev–Trinajstić information content (AvgIpc) is 2.72. The van der Waals surface area contributed by atoms with E-state index < -0.39 is 0 Å². The van der Waals surface area contributed by atoms with E-state index in [0.29, 0.717) is 18.7 Å². The zero-order chi connectivity index (χ0) is 21.1. The van der Waals surface area contributed by atoms with Crippen LogP contribution in [0.5, 0.6) is 5.75 Å². The number of aliphatic imine (C=N–C) groups is 1. The molecule has 0 aliphatic carbocycles. The van der Waals surface area contributed by atoms with E-state index >= 15 is 0 Å². The van der Waals surface area contributed by atoms with Gasteiger partial charge in [0.1, 0.15) is 5.75 Å². The minimum atomic E-state index is 0.0176. The molecule has 0 aliphatic rings. The topological polar surface area (TPSA) is 66.0 Å². The lowest BCUT2D eigenvalue weighted by molar-refractivity contribution is 0.0827. The third-order valence-electron chi connectivity index (χ3n) is 4.26. The third kappa shape index (κ3) is 7.49. The fourth-order valence-corrected chi connectivity index (χ4v) is 2.86. The lowest BCUT2D eigenvalue weighted by Gasteiger charge is -2.13. The highest BCUT2D eigenvalue weighted by Gasteiger charge is 2.08. The van der Waals surface area contributed by atoms with Crippen molar-refractivity contribution in [3.05, 3.63) is 65.2 Å². The molecule has 0 heterocycles. The first kappa shape index (κ1) is 22.3. The van der Waals surface area contributed by atoms with Crippen LogP contribution in [0.2, 0.25) is 0 Å². The summed E-state index contributed by atoms with van der Waals surface area (Å²) in [6, 6.07) is 15.8. The highest BCUT2D eigenvalue weighted by Crippen LogP contribution is 2.14. The number of nitrogens with one attached hydrogen (secondary N) is 2. The lowest BCUT2D eigenvalue weighted by atomic mass is 10.1. The van der Waals surface area contributed by atoms with Crippen LogP contribution in [0.25, 0.3) is 0 Å². The average molecular weight is 397 g/mol. The van der Waals surface area contributed by atoms with E-state index in [2.05, 4.69) is 15.6 Å². The van der Waals surface area contributed by atoms with Crippen LogP contribution in [0, 0.1) is 0 Å². The monoisotopic (exact) mass is 396 g/mol. The molecule has 6 nitrogen and oxygen atoms in total. The van der Waals surface area contributed by atoms with Crippen molar-refractivity contribution >= 4 is 11.9 Å². The first-order valence-electron chi connectivity index (χ1n) is 10.1. The largest absolute Gasteiger partial charge is 0.494 e. The van der Waals surface area contributed by atoms with Crippen molar-refractivity contribution in [3.8, 4) is 5.75 Å². The van der Waals surface area contributed by atoms with Gasteiger partial charge in [-0.05, 0) is 55.7 Å². The number of ether oxygens (including phenoxy) is 1. The number of rotatable bonds is 9. The van der Waals surface area contributed by atoms with Crippen molar-refractivity contribution in [2.24, 2.45) is 4.99 Å². The summed E-state index contributed by atoms with van der Waals surface area (Å²) < 4.78 is 5.55. The zero-order valence-electron chi connectivity index (χ0n) is 17.9. The van der Waals surface area contributed by atoms with Gasteiger partial charge in [-0.15, -0.1) is 0 Å². The second kappa shape index (κ2) is 11.7. The fraction of sp³-hybridized carbons (Fsp3) is 0.391. The van der Waals surface area contributed by atoms with Gasteiger partial charge < -0.3 is 20.3 Å². The van der Waals surface area contributed by atoms with Crippen LogP contribution in [0.4, 0.5) is 0 Å². The fourth-order valence-electron chi connectivity index (χ4n) is 2.86. The van der Waals surface area contributed by atoms with Crippen LogP contribution >= 0.6 is 0 Å². The number of guanidine groups is 1. The predicted octanol–water partition coefficient (Wildman–Crippen LogP) is 3.08. The predicted molar refractivity (Wildman–Crippen MR) is 119 cm³/mol. The molecule has 0 aromatic heterocycles. The Kier molecular flexibility index (Phi) is 9.02. The minimum Gasteiger partial charge on any atom is -0.494 e. The normalized spacial score (nSPS) is 11.1. The van der Waals surface area contributed by atoms with Gasteiger partial charge in [-0.2, -0.15) is 0 Å². The summed E-state index contributed by atoms with van der Waals surface area (Å²) in [7, 11) is 3.53. The molecule has 0 spiro atoms. The summed E-state index contributed by atoms with van der Waals surface area (Å²) in [5.41, 5.74) is 2.93. The van der Waals surface area contributed by atoms with E-state index in [1.807, 2.05) is 62.4 Å². The number of hydrogen-bond acceptors (Lipinski definition) is 3. The SMILES string of the molecule is CCNC(=NCc1cccc(OCC)c1)NCCc1cccc(C(=O)N(C)C)c1. The number of carbonyl (C=O) groups excluding carboxylic acids is 1. The quantitative estimate of drug-likeness (QED) is 0.505. The molecule has 2 rings (SSSR count). The van der Waals surface area contributed by atoms with E-state index in [4.69, 9.17) is 4.74 Å². The molecule has 156 valence electrons. The maximum Gasteiger partial charge on any atom is 0.253 e. The molecule has 0 atom stereocenters. The summed E-state index contributed by atoms with van der Waals surface area (Å²) >= 11 is 0. The number of nitrogens with zero attached hydrogens (tertiary/aromatic N) is 2. The molecule has 2 N–H and O–H groups in total.